The van der Waals surface area contributed by atoms with Gasteiger partial charge in [0.2, 0.25) is 12.0 Å². The van der Waals surface area contributed by atoms with Crippen LogP contribution in [0.3, 0.4) is 0 Å². The van der Waals surface area contributed by atoms with Gasteiger partial charge in [0.1, 0.15) is 6.10 Å². The first-order valence-corrected chi connectivity index (χ1v) is 8.64. The highest BCUT2D eigenvalue weighted by Gasteiger charge is 2.63. The molecule has 0 N–H and O–H groups in total. The number of carbonyl (C=O) groups excluding carboxylic acids is 1. The molecule has 1 amide bonds. The van der Waals surface area contributed by atoms with E-state index in [4.69, 9.17) is 0 Å². The Bertz CT molecular complexity index is 846. The summed E-state index contributed by atoms with van der Waals surface area (Å²) in [5.41, 5.74) is -1.41. The second-order valence-electron chi connectivity index (χ2n) is 6.91. The van der Waals surface area contributed by atoms with Gasteiger partial charge < -0.3 is 9.47 Å². The van der Waals surface area contributed by atoms with Crippen LogP contribution in [0.1, 0.15) is 24.2 Å². The molecule has 33 heavy (non-hydrogen) atoms. The predicted molar refractivity (Wildman–Crippen MR) is 84.8 cm³/mol. The lowest BCUT2D eigenvalue weighted by Gasteiger charge is -2.34. The molecular weight excluding hydrogens is 494 g/mol. The summed E-state index contributed by atoms with van der Waals surface area (Å²) in [4.78, 5) is 12.1. The molecule has 0 saturated carbocycles. The van der Waals surface area contributed by atoms with Crippen LogP contribution < -0.4 is 4.90 Å². The van der Waals surface area contributed by atoms with Crippen LogP contribution in [0.4, 0.5) is 58.4 Å². The molecule has 1 aliphatic heterocycles. The van der Waals surface area contributed by atoms with Gasteiger partial charge in [-0.2, -0.15) is 52.7 Å². The van der Waals surface area contributed by atoms with Gasteiger partial charge in [-0.1, -0.05) is 12.1 Å². The molecule has 4 nitrogen and oxygen atoms in total. The van der Waals surface area contributed by atoms with Crippen molar-refractivity contribution in [2.24, 2.45) is 0 Å². The highest BCUT2D eigenvalue weighted by molar-refractivity contribution is 5.95. The maximum atomic E-state index is 13.0. The van der Waals surface area contributed by atoms with Gasteiger partial charge in [0.05, 0.1) is 5.69 Å². The second kappa shape index (κ2) is 8.52. The number of alkyl halides is 12. The number of amides is 1. The number of nitrogens with zero attached hydrogens (tertiary/aromatic N) is 1. The number of aryl methyl sites for hydroxylation is 1. The summed E-state index contributed by atoms with van der Waals surface area (Å²) in [6.45, 7) is 1.71. The fourth-order valence-corrected chi connectivity index (χ4v) is 3.24. The first-order valence-electron chi connectivity index (χ1n) is 8.64. The third-order valence-electron chi connectivity index (χ3n) is 4.45. The molecule has 1 aromatic carbocycles. The van der Waals surface area contributed by atoms with Crippen molar-refractivity contribution in [3.63, 3.8) is 0 Å². The number of rotatable bonds is 4. The van der Waals surface area contributed by atoms with Crippen molar-refractivity contribution in [2.75, 3.05) is 4.90 Å². The molecule has 0 bridgehead atoms. The van der Waals surface area contributed by atoms with Gasteiger partial charge >= 0.3 is 24.7 Å². The van der Waals surface area contributed by atoms with Gasteiger partial charge in [-0.05, 0) is 18.6 Å². The molecule has 0 saturated heterocycles. The average Bonchev–Trinajstić information content (AvgIpc) is 2.88. The predicted octanol–water partition coefficient (Wildman–Crippen LogP) is 5.75. The van der Waals surface area contributed by atoms with E-state index in [-0.39, 0.29) is 10.5 Å². The topological polar surface area (TPSA) is 38.8 Å². The summed E-state index contributed by atoms with van der Waals surface area (Å²) < 4.78 is 164. The van der Waals surface area contributed by atoms with Crippen LogP contribution in [0, 0.1) is 6.92 Å². The first kappa shape index (κ1) is 27.0. The van der Waals surface area contributed by atoms with Crippen molar-refractivity contribution in [1.82, 2.24) is 0 Å². The normalized spacial score (nSPS) is 20.1. The van der Waals surface area contributed by atoms with Crippen molar-refractivity contribution >= 4 is 11.6 Å². The van der Waals surface area contributed by atoms with Crippen LogP contribution in [-0.4, -0.2) is 49.0 Å². The Morgan fingerprint density at radius 1 is 0.818 bits per heavy atom. The summed E-state index contributed by atoms with van der Waals surface area (Å²) >= 11 is 0. The molecule has 0 aromatic heterocycles. The van der Waals surface area contributed by atoms with E-state index in [0.717, 1.165) is 25.1 Å². The van der Waals surface area contributed by atoms with Gasteiger partial charge in [-0.25, -0.2) is 0 Å². The second-order valence-corrected chi connectivity index (χ2v) is 6.91. The van der Waals surface area contributed by atoms with Crippen molar-refractivity contribution in [1.29, 1.82) is 0 Å². The van der Waals surface area contributed by atoms with E-state index < -0.39 is 66.4 Å². The standard InChI is InChI=1S/C17H13F12NO3/c1-6-4-3-5-8-9(6)10(32-12(14(18,19)20)15(21,22)23)11(30(8)7(2)31)33-13(16(24,25)26)17(27,28)29/h3-5,10-13H,1-2H3. The smallest absolute Gasteiger partial charge is 0.348 e. The highest BCUT2D eigenvalue weighted by atomic mass is 19.4. The molecule has 1 aliphatic rings. The number of fused-ring (bicyclic) bond motifs is 1. The fourth-order valence-electron chi connectivity index (χ4n) is 3.24. The third-order valence-corrected chi connectivity index (χ3v) is 4.45. The van der Waals surface area contributed by atoms with Gasteiger partial charge in [-0.15, -0.1) is 0 Å². The zero-order valence-electron chi connectivity index (χ0n) is 16.2. The Balaban J connectivity index is 2.70. The largest absolute Gasteiger partial charge is 0.423 e. The molecule has 0 spiro atoms. The quantitative estimate of drug-likeness (QED) is 0.488. The van der Waals surface area contributed by atoms with Crippen LogP contribution in [0.25, 0.3) is 0 Å². The molecule has 2 rings (SSSR count). The van der Waals surface area contributed by atoms with Crippen LogP contribution in [0.5, 0.6) is 0 Å². The summed E-state index contributed by atoms with van der Waals surface area (Å²) in [7, 11) is 0. The first-order chi connectivity index (χ1) is 14.7. The highest BCUT2D eigenvalue weighted by Crippen LogP contribution is 2.50. The van der Waals surface area contributed by atoms with E-state index >= 15 is 0 Å². The number of hydrogen-bond donors (Lipinski definition) is 0. The zero-order valence-corrected chi connectivity index (χ0v) is 16.2. The summed E-state index contributed by atoms with van der Waals surface area (Å²) in [6.07, 6.45) is -39.7. The Hall–Kier alpha value is -2.23. The monoisotopic (exact) mass is 507 g/mol. The van der Waals surface area contributed by atoms with E-state index in [1.54, 1.807) is 0 Å². The minimum absolute atomic E-state index is 0.0846. The molecule has 0 aliphatic carbocycles. The molecular formula is C17H13F12NO3. The molecule has 2 unspecified atom stereocenters. The van der Waals surface area contributed by atoms with E-state index in [1.807, 2.05) is 0 Å². The number of benzene rings is 1. The van der Waals surface area contributed by atoms with Crippen molar-refractivity contribution in [2.45, 2.75) is 63.1 Å². The van der Waals surface area contributed by atoms with Crippen molar-refractivity contribution in [3.05, 3.63) is 29.3 Å². The van der Waals surface area contributed by atoms with Gasteiger partial charge in [-0.3, -0.25) is 9.69 Å². The molecule has 0 fully saturated rings. The number of hydrogen-bond acceptors (Lipinski definition) is 3. The van der Waals surface area contributed by atoms with Gasteiger partial charge in [0.25, 0.3) is 6.10 Å². The van der Waals surface area contributed by atoms with Crippen molar-refractivity contribution in [3.8, 4) is 0 Å². The minimum Gasteiger partial charge on any atom is -0.348 e. The molecule has 188 valence electrons. The third kappa shape index (κ3) is 5.65. The lowest BCUT2D eigenvalue weighted by atomic mass is 10.0. The average molecular weight is 507 g/mol. The van der Waals surface area contributed by atoms with Crippen LogP contribution >= 0.6 is 0 Å². The minimum atomic E-state index is -6.18. The summed E-state index contributed by atoms with van der Waals surface area (Å²) in [6, 6.07) is 3.12. The molecule has 0 radical (unpaired) electrons. The maximum Gasteiger partial charge on any atom is 0.423 e. The molecule has 1 aromatic rings. The SMILES string of the molecule is CC(=O)N1c2cccc(C)c2C(OC(C(F)(F)F)C(F)(F)F)C1OC(C(F)(F)F)C(F)(F)F. The van der Waals surface area contributed by atoms with Crippen LogP contribution in [0.15, 0.2) is 18.2 Å². The molecule has 16 heteroatoms. The van der Waals surface area contributed by atoms with E-state index in [9.17, 15) is 57.5 Å². The lowest BCUT2D eigenvalue weighted by Crippen LogP contribution is -2.53. The Kier molecular flexibility index (Phi) is 6.98. The fraction of sp³-hybridized carbons (Fsp3) is 0.588. The summed E-state index contributed by atoms with van der Waals surface area (Å²) in [5, 5.41) is 0. The van der Waals surface area contributed by atoms with E-state index in [2.05, 4.69) is 9.47 Å². The van der Waals surface area contributed by atoms with Crippen LogP contribution in [-0.2, 0) is 14.3 Å². The number of carbonyl (C=O) groups is 1. The van der Waals surface area contributed by atoms with E-state index in [0.29, 0.717) is 6.92 Å². The maximum absolute atomic E-state index is 13.0. The molecule has 2 atom stereocenters. The Morgan fingerprint density at radius 2 is 1.24 bits per heavy atom. The Labute approximate surface area is 177 Å². The molecule has 1 heterocycles. The zero-order chi connectivity index (χ0) is 25.7. The van der Waals surface area contributed by atoms with Crippen molar-refractivity contribution < 1.29 is 67.0 Å². The lowest BCUT2D eigenvalue weighted by molar-refractivity contribution is -0.356. The number of anilines is 1. The Morgan fingerprint density at radius 3 is 1.64 bits per heavy atom. The van der Waals surface area contributed by atoms with Gasteiger partial charge in [0, 0.05) is 12.5 Å². The van der Waals surface area contributed by atoms with E-state index in [1.165, 1.54) is 0 Å². The van der Waals surface area contributed by atoms with Gasteiger partial charge in [0.15, 0.2) is 6.23 Å². The summed E-state index contributed by atoms with van der Waals surface area (Å²) in [5.74, 6) is -1.32. The number of halogens is 12. The van der Waals surface area contributed by atoms with Crippen LogP contribution in [0.2, 0.25) is 0 Å². The number of ether oxygens (including phenoxy) is 2.